The van der Waals surface area contributed by atoms with Crippen LogP contribution in [0.15, 0.2) is 12.7 Å². The van der Waals surface area contributed by atoms with E-state index in [1.165, 1.54) is 6.33 Å². The number of nitrogens with one attached hydrogen (secondary N) is 2. The first kappa shape index (κ1) is 15.2. The van der Waals surface area contributed by atoms with E-state index in [1.807, 2.05) is 7.05 Å². The number of imidazole rings is 1. The fraction of sp³-hybridized carbons (Fsp3) is 0.571. The zero-order valence-electron chi connectivity index (χ0n) is 13.0. The predicted molar refractivity (Wildman–Crippen MR) is 82.0 cm³/mol. The summed E-state index contributed by atoms with van der Waals surface area (Å²) in [5, 5.41) is 2.93. The molecule has 0 aromatic carbocycles. The number of anilines is 1. The molecule has 21 heavy (non-hydrogen) atoms. The Morgan fingerprint density at radius 3 is 2.81 bits per heavy atom. The molecular weight excluding hydrogens is 268 g/mol. The van der Waals surface area contributed by atoms with Crippen LogP contribution in [-0.2, 0) is 4.79 Å². The highest BCUT2D eigenvalue weighted by Gasteiger charge is 2.14. The first-order valence-corrected chi connectivity index (χ1v) is 6.99. The number of nitrogens with zero attached hydrogens (tertiary/aromatic N) is 4. The van der Waals surface area contributed by atoms with Crippen molar-refractivity contribution in [2.75, 3.05) is 25.0 Å². The van der Waals surface area contributed by atoms with Crippen molar-refractivity contribution in [2.45, 2.75) is 27.2 Å². The second-order valence-corrected chi connectivity index (χ2v) is 6.32. The van der Waals surface area contributed by atoms with Crippen molar-refractivity contribution in [3.8, 4) is 0 Å². The maximum Gasteiger partial charge on any atom is 0.239 e. The van der Waals surface area contributed by atoms with Gasteiger partial charge in [0.15, 0.2) is 11.5 Å². The third-order valence-corrected chi connectivity index (χ3v) is 3.14. The van der Waals surface area contributed by atoms with Crippen molar-refractivity contribution in [3.63, 3.8) is 0 Å². The molecule has 0 aliphatic carbocycles. The van der Waals surface area contributed by atoms with E-state index >= 15 is 0 Å². The summed E-state index contributed by atoms with van der Waals surface area (Å²) in [7, 11) is 1.83. The van der Waals surface area contributed by atoms with Crippen LogP contribution < -0.4 is 10.2 Å². The molecule has 0 unspecified atom stereocenters. The third-order valence-electron chi connectivity index (χ3n) is 3.14. The van der Waals surface area contributed by atoms with Gasteiger partial charge in [0.2, 0.25) is 5.91 Å². The van der Waals surface area contributed by atoms with Gasteiger partial charge in [-0.05, 0) is 11.8 Å². The number of aromatic amines is 1. The van der Waals surface area contributed by atoms with Crippen molar-refractivity contribution in [1.29, 1.82) is 0 Å². The predicted octanol–water partition coefficient (Wildman–Crippen LogP) is 1.34. The van der Waals surface area contributed by atoms with E-state index in [9.17, 15) is 4.79 Å². The summed E-state index contributed by atoms with van der Waals surface area (Å²) in [6.45, 7) is 7.39. The highest BCUT2D eigenvalue weighted by Crippen LogP contribution is 2.18. The zero-order chi connectivity index (χ0) is 15.5. The molecule has 114 valence electrons. The highest BCUT2D eigenvalue weighted by atomic mass is 16.2. The topological polar surface area (TPSA) is 86.8 Å². The Hall–Kier alpha value is -2.18. The normalized spacial score (nSPS) is 11.6. The Kier molecular flexibility index (Phi) is 4.40. The highest BCUT2D eigenvalue weighted by molar-refractivity contribution is 5.86. The molecule has 2 N–H and O–H groups in total. The molecule has 2 aromatic heterocycles. The summed E-state index contributed by atoms with van der Waals surface area (Å²) >= 11 is 0. The number of fused-ring (bicyclic) bond motifs is 1. The summed E-state index contributed by atoms with van der Waals surface area (Å²) in [6, 6.07) is 0. The van der Waals surface area contributed by atoms with E-state index in [2.05, 4.69) is 46.0 Å². The number of rotatable bonds is 5. The maximum absolute atomic E-state index is 12.0. The number of aromatic nitrogens is 4. The van der Waals surface area contributed by atoms with Gasteiger partial charge >= 0.3 is 0 Å². The van der Waals surface area contributed by atoms with Crippen LogP contribution in [0.4, 0.5) is 5.82 Å². The molecule has 0 aliphatic heterocycles. The van der Waals surface area contributed by atoms with Gasteiger partial charge in [-0.3, -0.25) is 4.79 Å². The molecule has 7 heteroatoms. The molecule has 0 spiro atoms. The summed E-state index contributed by atoms with van der Waals surface area (Å²) < 4.78 is 0. The molecular formula is C14H22N6O. The molecule has 2 rings (SSSR count). The molecule has 0 radical (unpaired) electrons. The van der Waals surface area contributed by atoms with Crippen LogP contribution in [-0.4, -0.2) is 46.0 Å². The summed E-state index contributed by atoms with van der Waals surface area (Å²) in [5.74, 6) is 0.650. The lowest BCUT2D eigenvalue weighted by Gasteiger charge is -2.20. The van der Waals surface area contributed by atoms with E-state index in [-0.39, 0.29) is 17.9 Å². The first-order chi connectivity index (χ1) is 9.87. The Morgan fingerprint density at radius 2 is 2.10 bits per heavy atom. The number of carbonyl (C=O) groups excluding carboxylic acids is 1. The molecule has 0 atom stereocenters. The lowest BCUT2D eigenvalue weighted by atomic mass is 9.92. The van der Waals surface area contributed by atoms with Gasteiger partial charge in [0.1, 0.15) is 11.8 Å². The average molecular weight is 290 g/mol. The molecule has 2 heterocycles. The van der Waals surface area contributed by atoms with Gasteiger partial charge < -0.3 is 15.2 Å². The Morgan fingerprint density at radius 1 is 1.33 bits per heavy atom. The van der Waals surface area contributed by atoms with Gasteiger partial charge in [0.25, 0.3) is 0 Å². The number of hydrogen-bond donors (Lipinski definition) is 2. The minimum absolute atomic E-state index is 0.0203. The third kappa shape index (κ3) is 4.14. The molecule has 1 amide bonds. The molecule has 0 bridgehead atoms. The Balaban J connectivity index is 1.93. The van der Waals surface area contributed by atoms with Crippen LogP contribution in [0.5, 0.6) is 0 Å². The van der Waals surface area contributed by atoms with Crippen molar-refractivity contribution >= 4 is 22.9 Å². The monoisotopic (exact) mass is 290 g/mol. The Labute approximate surface area is 124 Å². The summed E-state index contributed by atoms with van der Waals surface area (Å²) in [6.07, 6.45) is 3.97. The van der Waals surface area contributed by atoms with E-state index in [1.54, 1.807) is 11.2 Å². The largest absolute Gasteiger partial charge is 0.355 e. The van der Waals surface area contributed by atoms with E-state index in [4.69, 9.17) is 0 Å². The minimum atomic E-state index is -0.0203. The van der Waals surface area contributed by atoms with Gasteiger partial charge in [0, 0.05) is 13.6 Å². The maximum atomic E-state index is 12.0. The quantitative estimate of drug-likeness (QED) is 0.867. The van der Waals surface area contributed by atoms with Crippen LogP contribution in [0.1, 0.15) is 27.2 Å². The van der Waals surface area contributed by atoms with Crippen LogP contribution in [0.3, 0.4) is 0 Å². The van der Waals surface area contributed by atoms with Crippen molar-refractivity contribution in [3.05, 3.63) is 12.7 Å². The standard InChI is InChI=1S/C14H22N6O/c1-14(2,3)5-6-15-10(21)7-20(4)13-11-12(17-8-16-11)18-9-19-13/h8-9H,5-7H2,1-4H3,(H,15,21)(H,16,17,18,19). The van der Waals surface area contributed by atoms with Gasteiger partial charge in [-0.15, -0.1) is 0 Å². The second kappa shape index (κ2) is 6.07. The lowest BCUT2D eigenvalue weighted by molar-refractivity contribution is -0.119. The fourth-order valence-electron chi connectivity index (χ4n) is 1.96. The number of amides is 1. The van der Waals surface area contributed by atoms with Crippen molar-refractivity contribution in [2.24, 2.45) is 5.41 Å². The zero-order valence-corrected chi connectivity index (χ0v) is 13.0. The smallest absolute Gasteiger partial charge is 0.239 e. The Bertz CT molecular complexity index is 615. The van der Waals surface area contributed by atoms with Gasteiger partial charge in [0.05, 0.1) is 12.9 Å². The van der Waals surface area contributed by atoms with Gasteiger partial charge in [-0.25, -0.2) is 15.0 Å². The molecule has 0 saturated carbocycles. The van der Waals surface area contributed by atoms with E-state index < -0.39 is 0 Å². The van der Waals surface area contributed by atoms with Crippen molar-refractivity contribution < 1.29 is 4.79 Å². The summed E-state index contributed by atoms with van der Waals surface area (Å²) in [5.41, 5.74) is 1.55. The van der Waals surface area contributed by atoms with Crippen LogP contribution in [0, 0.1) is 5.41 Å². The first-order valence-electron chi connectivity index (χ1n) is 6.99. The second-order valence-electron chi connectivity index (χ2n) is 6.32. The minimum Gasteiger partial charge on any atom is -0.355 e. The number of hydrogen-bond acceptors (Lipinski definition) is 5. The van der Waals surface area contributed by atoms with E-state index in [0.717, 1.165) is 11.9 Å². The van der Waals surface area contributed by atoms with Crippen LogP contribution >= 0.6 is 0 Å². The number of H-pyrrole nitrogens is 1. The molecule has 0 saturated heterocycles. The molecule has 0 aliphatic rings. The lowest BCUT2D eigenvalue weighted by Crippen LogP contribution is -2.36. The molecule has 7 nitrogen and oxygen atoms in total. The molecule has 2 aromatic rings. The summed E-state index contributed by atoms with van der Waals surface area (Å²) in [4.78, 5) is 29.1. The van der Waals surface area contributed by atoms with Gasteiger partial charge in [-0.1, -0.05) is 20.8 Å². The van der Waals surface area contributed by atoms with Crippen LogP contribution in [0.2, 0.25) is 0 Å². The molecule has 0 fully saturated rings. The number of likely N-dealkylation sites (N-methyl/N-ethyl adjacent to an activating group) is 1. The SMILES string of the molecule is CN(CC(=O)NCCC(C)(C)C)c1ncnc2nc[nH]c12. The average Bonchev–Trinajstić information content (AvgIpc) is 2.84. The number of carbonyl (C=O) groups is 1. The van der Waals surface area contributed by atoms with E-state index in [0.29, 0.717) is 18.0 Å². The fourth-order valence-corrected chi connectivity index (χ4v) is 1.96. The van der Waals surface area contributed by atoms with Crippen LogP contribution in [0.25, 0.3) is 11.2 Å². The van der Waals surface area contributed by atoms with Gasteiger partial charge in [-0.2, -0.15) is 0 Å². The van der Waals surface area contributed by atoms with Crippen molar-refractivity contribution in [1.82, 2.24) is 25.3 Å².